The molecule has 0 N–H and O–H groups in total. The second-order valence-corrected chi connectivity index (χ2v) is 4.88. The average Bonchev–Trinajstić information content (AvgIpc) is 2.58. The lowest BCUT2D eigenvalue weighted by atomic mass is 10.3. The van der Waals surface area contributed by atoms with Crippen molar-refractivity contribution in [1.29, 1.82) is 0 Å². The van der Waals surface area contributed by atoms with Gasteiger partial charge in [0, 0.05) is 15.9 Å². The maximum atomic E-state index is 5.18. The van der Waals surface area contributed by atoms with Crippen molar-refractivity contribution in [3.63, 3.8) is 0 Å². The second kappa shape index (κ2) is 3.27. The molecule has 0 aliphatic heterocycles. The minimum atomic E-state index is 0.399. The third kappa shape index (κ3) is 1.46. The molecular weight excluding hydrogens is 308 g/mol. The van der Waals surface area contributed by atoms with Crippen molar-refractivity contribution in [2.75, 3.05) is 0 Å². The van der Waals surface area contributed by atoms with Crippen molar-refractivity contribution in [2.45, 2.75) is 0 Å². The highest BCUT2D eigenvalue weighted by atomic mass is 79.9. The molecular formula is C6H2Br2N2OS. The molecule has 0 saturated heterocycles. The zero-order valence-corrected chi connectivity index (χ0v) is 9.61. The summed E-state index contributed by atoms with van der Waals surface area (Å²) in [7, 11) is 0. The molecule has 0 spiro atoms. The molecule has 2 aromatic rings. The molecule has 0 amide bonds. The van der Waals surface area contributed by atoms with Crippen molar-refractivity contribution in [1.82, 2.24) is 10.2 Å². The Morgan fingerprint density at radius 3 is 2.67 bits per heavy atom. The van der Waals surface area contributed by atoms with Crippen LogP contribution in [0.25, 0.3) is 11.5 Å². The zero-order chi connectivity index (χ0) is 8.55. The van der Waals surface area contributed by atoms with E-state index in [1.54, 1.807) is 11.3 Å². The summed E-state index contributed by atoms with van der Waals surface area (Å²) in [5, 5.41) is 9.49. The highest BCUT2D eigenvalue weighted by Gasteiger charge is 2.10. The first-order valence-corrected chi connectivity index (χ1v) is 5.46. The molecule has 0 aliphatic carbocycles. The molecule has 12 heavy (non-hydrogen) atoms. The monoisotopic (exact) mass is 308 g/mol. The average molecular weight is 310 g/mol. The fourth-order valence-corrected chi connectivity index (χ4v) is 2.22. The number of nitrogens with zero attached hydrogens (tertiary/aromatic N) is 2. The van der Waals surface area contributed by atoms with Gasteiger partial charge in [-0.05, 0) is 27.4 Å². The van der Waals surface area contributed by atoms with Crippen molar-refractivity contribution in [3.05, 3.63) is 20.0 Å². The van der Waals surface area contributed by atoms with Gasteiger partial charge in [0.1, 0.15) is 0 Å². The van der Waals surface area contributed by atoms with E-state index in [2.05, 4.69) is 42.1 Å². The van der Waals surface area contributed by atoms with Crippen LogP contribution in [0, 0.1) is 0 Å². The SMILES string of the molecule is Brc1nnc(-c2ccsc2Br)o1. The summed E-state index contributed by atoms with van der Waals surface area (Å²) in [6, 6.07) is 1.93. The van der Waals surface area contributed by atoms with Crippen LogP contribution in [0.4, 0.5) is 0 Å². The molecule has 0 unspecified atom stereocenters. The van der Waals surface area contributed by atoms with Crippen LogP contribution in [-0.4, -0.2) is 10.2 Å². The minimum Gasteiger partial charge on any atom is -0.411 e. The molecule has 0 aromatic carbocycles. The Hall–Kier alpha value is -0.200. The van der Waals surface area contributed by atoms with E-state index in [0.29, 0.717) is 10.7 Å². The summed E-state index contributed by atoms with van der Waals surface area (Å²) >= 11 is 8.06. The summed E-state index contributed by atoms with van der Waals surface area (Å²) in [5.41, 5.74) is 0.929. The van der Waals surface area contributed by atoms with Gasteiger partial charge < -0.3 is 4.42 Å². The summed E-state index contributed by atoms with van der Waals surface area (Å²) in [6.45, 7) is 0. The van der Waals surface area contributed by atoms with Crippen molar-refractivity contribution in [3.8, 4) is 11.5 Å². The standard InChI is InChI=1S/C6H2Br2N2OS/c7-4-3(1-2-12-4)5-9-10-6(8)11-5/h1-2H. The molecule has 2 aromatic heterocycles. The maximum Gasteiger partial charge on any atom is 0.285 e. The van der Waals surface area contributed by atoms with Gasteiger partial charge in [-0.25, -0.2) is 0 Å². The number of halogens is 2. The predicted molar refractivity (Wildman–Crippen MR) is 53.0 cm³/mol. The van der Waals surface area contributed by atoms with Crippen LogP contribution in [0.3, 0.4) is 0 Å². The van der Waals surface area contributed by atoms with E-state index in [0.717, 1.165) is 9.35 Å². The number of hydrogen-bond acceptors (Lipinski definition) is 4. The molecule has 2 heterocycles. The molecule has 0 bridgehead atoms. The molecule has 0 aliphatic rings. The lowest BCUT2D eigenvalue weighted by molar-refractivity contribution is 0.540. The lowest BCUT2D eigenvalue weighted by Gasteiger charge is -1.87. The molecule has 3 nitrogen and oxygen atoms in total. The van der Waals surface area contributed by atoms with Crippen molar-refractivity contribution >= 4 is 43.2 Å². The van der Waals surface area contributed by atoms with Gasteiger partial charge in [0.05, 0.1) is 9.35 Å². The quantitative estimate of drug-likeness (QED) is 0.811. The summed E-state index contributed by atoms with van der Waals surface area (Å²) in [6.07, 6.45) is 0. The molecule has 0 radical (unpaired) electrons. The van der Waals surface area contributed by atoms with E-state index in [4.69, 9.17) is 4.42 Å². The Kier molecular flexibility index (Phi) is 2.29. The van der Waals surface area contributed by atoms with E-state index in [-0.39, 0.29) is 0 Å². The molecule has 62 valence electrons. The molecule has 0 fully saturated rings. The van der Waals surface area contributed by atoms with Gasteiger partial charge in [-0.2, -0.15) is 0 Å². The van der Waals surface area contributed by atoms with E-state index in [1.165, 1.54) is 0 Å². The van der Waals surface area contributed by atoms with Gasteiger partial charge in [-0.3, -0.25) is 0 Å². The normalized spacial score (nSPS) is 10.5. The molecule has 0 atom stereocenters. The van der Waals surface area contributed by atoms with Gasteiger partial charge in [0.25, 0.3) is 10.7 Å². The van der Waals surface area contributed by atoms with E-state index in [9.17, 15) is 0 Å². The zero-order valence-electron chi connectivity index (χ0n) is 5.62. The molecule has 6 heteroatoms. The highest BCUT2D eigenvalue weighted by molar-refractivity contribution is 9.11. The fraction of sp³-hybridized carbons (Fsp3) is 0. The Labute approximate surface area is 89.1 Å². The van der Waals surface area contributed by atoms with Crippen LogP contribution in [0.2, 0.25) is 0 Å². The fourth-order valence-electron chi connectivity index (χ4n) is 0.760. The first kappa shape index (κ1) is 8.40. The van der Waals surface area contributed by atoms with Crippen LogP contribution in [0.5, 0.6) is 0 Å². The van der Waals surface area contributed by atoms with Gasteiger partial charge >= 0.3 is 0 Å². The molecule has 0 saturated carbocycles. The number of aromatic nitrogens is 2. The lowest BCUT2D eigenvalue weighted by Crippen LogP contribution is -1.73. The smallest absolute Gasteiger partial charge is 0.285 e. The predicted octanol–water partition coefficient (Wildman–Crippen LogP) is 3.32. The van der Waals surface area contributed by atoms with Crippen LogP contribution in [-0.2, 0) is 0 Å². The maximum absolute atomic E-state index is 5.18. The third-order valence-corrected chi connectivity index (χ3v) is 3.26. The highest BCUT2D eigenvalue weighted by Crippen LogP contribution is 2.32. The van der Waals surface area contributed by atoms with E-state index < -0.39 is 0 Å². The van der Waals surface area contributed by atoms with Crippen LogP contribution in [0.15, 0.2) is 24.4 Å². The third-order valence-electron chi connectivity index (χ3n) is 1.25. The van der Waals surface area contributed by atoms with Crippen molar-refractivity contribution in [2.24, 2.45) is 0 Å². The first-order valence-electron chi connectivity index (χ1n) is 3.00. The Morgan fingerprint density at radius 1 is 1.33 bits per heavy atom. The number of thiophene rings is 1. The summed E-state index contributed by atoms with van der Waals surface area (Å²) in [5.74, 6) is 0.523. The first-order chi connectivity index (χ1) is 5.77. The van der Waals surface area contributed by atoms with Gasteiger partial charge in [-0.1, -0.05) is 0 Å². The topological polar surface area (TPSA) is 38.9 Å². The Morgan fingerprint density at radius 2 is 2.17 bits per heavy atom. The second-order valence-electron chi connectivity index (χ2n) is 1.97. The van der Waals surface area contributed by atoms with E-state index >= 15 is 0 Å². The van der Waals surface area contributed by atoms with Crippen LogP contribution >= 0.6 is 43.2 Å². The van der Waals surface area contributed by atoms with Gasteiger partial charge in [0.2, 0.25) is 0 Å². The van der Waals surface area contributed by atoms with Crippen LogP contribution in [0.1, 0.15) is 0 Å². The van der Waals surface area contributed by atoms with Crippen molar-refractivity contribution < 1.29 is 4.42 Å². The Bertz CT molecular complexity index is 398. The molecule has 2 rings (SSSR count). The summed E-state index contributed by atoms with van der Waals surface area (Å²) in [4.78, 5) is 0.399. The largest absolute Gasteiger partial charge is 0.411 e. The van der Waals surface area contributed by atoms with Gasteiger partial charge in [-0.15, -0.1) is 21.5 Å². The summed E-state index contributed by atoms with van der Waals surface area (Å²) < 4.78 is 6.18. The van der Waals surface area contributed by atoms with Crippen LogP contribution < -0.4 is 0 Å². The van der Waals surface area contributed by atoms with Gasteiger partial charge in [0.15, 0.2) is 0 Å². The number of rotatable bonds is 1. The number of hydrogen-bond donors (Lipinski definition) is 0. The van der Waals surface area contributed by atoms with E-state index in [1.807, 2.05) is 11.4 Å². The Balaban J connectivity index is 2.50. The minimum absolute atomic E-state index is 0.399.